The van der Waals surface area contributed by atoms with E-state index in [9.17, 15) is 20.0 Å². The number of nitriles is 1. The molecule has 1 spiro atoms. The number of likely N-dealkylation sites (tertiary alicyclic amines) is 1. The van der Waals surface area contributed by atoms with Crippen molar-refractivity contribution in [2.24, 2.45) is 11.3 Å². The summed E-state index contributed by atoms with van der Waals surface area (Å²) in [6, 6.07) is 7.99. The van der Waals surface area contributed by atoms with Crippen molar-refractivity contribution in [3.8, 4) is 6.07 Å². The van der Waals surface area contributed by atoms with Gasteiger partial charge in [-0.1, -0.05) is 13.8 Å². The van der Waals surface area contributed by atoms with Crippen molar-refractivity contribution in [1.82, 2.24) is 4.90 Å². The van der Waals surface area contributed by atoms with E-state index >= 15 is 0 Å². The molecule has 7 heteroatoms. The van der Waals surface area contributed by atoms with Crippen molar-refractivity contribution in [3.05, 3.63) is 23.8 Å². The molecule has 2 amide bonds. The van der Waals surface area contributed by atoms with E-state index in [2.05, 4.69) is 21.2 Å². The van der Waals surface area contributed by atoms with Crippen molar-refractivity contribution in [1.29, 1.82) is 5.26 Å². The Morgan fingerprint density at radius 2 is 1.97 bits per heavy atom. The van der Waals surface area contributed by atoms with Crippen molar-refractivity contribution in [3.63, 3.8) is 0 Å². The average molecular weight is 439 g/mol. The zero-order chi connectivity index (χ0) is 22.9. The van der Waals surface area contributed by atoms with Crippen LogP contribution < -0.4 is 10.2 Å². The van der Waals surface area contributed by atoms with Crippen LogP contribution in [0, 0.1) is 22.7 Å². The molecule has 1 aromatic rings. The maximum atomic E-state index is 13.6. The van der Waals surface area contributed by atoms with Gasteiger partial charge in [-0.25, -0.2) is 0 Å². The third-order valence-corrected chi connectivity index (χ3v) is 7.48. The Balaban J connectivity index is 1.50. The van der Waals surface area contributed by atoms with E-state index < -0.39 is 0 Å². The monoisotopic (exact) mass is 438 g/mol. The van der Waals surface area contributed by atoms with Crippen LogP contribution in [0.2, 0.25) is 0 Å². The highest BCUT2D eigenvalue weighted by Crippen LogP contribution is 2.44. The minimum absolute atomic E-state index is 0.0783. The average Bonchev–Trinajstić information content (AvgIpc) is 3.09. The van der Waals surface area contributed by atoms with Gasteiger partial charge in [0.2, 0.25) is 11.8 Å². The quantitative estimate of drug-likeness (QED) is 0.752. The second kappa shape index (κ2) is 9.11. The Bertz CT molecular complexity index is 916. The van der Waals surface area contributed by atoms with Crippen molar-refractivity contribution in [2.75, 3.05) is 29.9 Å². The number of benzene rings is 1. The number of nitrogens with zero attached hydrogens (tertiary/aromatic N) is 3. The van der Waals surface area contributed by atoms with Crippen LogP contribution in [0.5, 0.6) is 0 Å². The van der Waals surface area contributed by atoms with Gasteiger partial charge in [-0.15, -0.1) is 0 Å². The molecule has 2 aliphatic heterocycles. The Kier molecular flexibility index (Phi) is 6.43. The summed E-state index contributed by atoms with van der Waals surface area (Å²) >= 11 is 0. The highest BCUT2D eigenvalue weighted by Gasteiger charge is 2.50. The second-order valence-corrected chi connectivity index (χ2v) is 10.0. The van der Waals surface area contributed by atoms with E-state index in [1.165, 1.54) is 0 Å². The van der Waals surface area contributed by atoms with Gasteiger partial charge in [0, 0.05) is 37.3 Å². The second-order valence-electron chi connectivity index (χ2n) is 10.0. The molecule has 0 bridgehead atoms. The molecule has 2 saturated heterocycles. The number of carbonyl (C=O) groups is 2. The minimum Gasteiger partial charge on any atom is -0.393 e. The number of amides is 2. The number of piperidine rings is 1. The fourth-order valence-electron chi connectivity index (χ4n) is 5.55. The summed E-state index contributed by atoms with van der Waals surface area (Å²) in [5.74, 6) is 0.0410. The van der Waals surface area contributed by atoms with Gasteiger partial charge in [0.15, 0.2) is 0 Å². The molecule has 7 nitrogen and oxygen atoms in total. The molecule has 4 rings (SSSR count). The summed E-state index contributed by atoms with van der Waals surface area (Å²) in [4.78, 5) is 29.8. The largest absolute Gasteiger partial charge is 0.393 e. The van der Waals surface area contributed by atoms with Crippen molar-refractivity contribution in [2.45, 2.75) is 70.9 Å². The lowest BCUT2D eigenvalue weighted by Crippen LogP contribution is -2.50. The topological polar surface area (TPSA) is 96.7 Å². The van der Waals surface area contributed by atoms with Gasteiger partial charge in [0.05, 0.1) is 22.8 Å². The van der Waals surface area contributed by atoms with E-state index in [-0.39, 0.29) is 35.3 Å². The number of anilines is 2. The number of aliphatic hydroxyl groups is 1. The van der Waals surface area contributed by atoms with E-state index in [0.717, 1.165) is 63.7 Å². The van der Waals surface area contributed by atoms with Crippen LogP contribution in [0.1, 0.15) is 64.4 Å². The fourth-order valence-corrected chi connectivity index (χ4v) is 5.55. The molecule has 0 radical (unpaired) electrons. The minimum atomic E-state index is -0.383. The molecular formula is C25H34N4O3. The molecule has 2 N–H and O–H groups in total. The third-order valence-electron chi connectivity index (χ3n) is 7.48. The van der Waals surface area contributed by atoms with Crippen molar-refractivity contribution < 1.29 is 14.7 Å². The number of aliphatic hydroxyl groups excluding tert-OH is 1. The number of rotatable bonds is 4. The highest BCUT2D eigenvalue weighted by atomic mass is 16.3. The summed E-state index contributed by atoms with van der Waals surface area (Å²) in [7, 11) is 0. The predicted molar refractivity (Wildman–Crippen MR) is 123 cm³/mol. The standard InChI is InChI=1S/C25H34N4O3/c1-17(2)23(31)27-19-4-9-22(18(14-19)15-26)28-12-3-10-25(16-28)11-13-29(24(25)32)20-5-7-21(30)8-6-20/h4,9,14,17,20-21,30H,3,5-8,10-13,16H2,1-2H3,(H,27,31)/t20?,21?,25-/m0/s1. The van der Waals surface area contributed by atoms with Gasteiger partial charge in [0.25, 0.3) is 0 Å². The van der Waals surface area contributed by atoms with Crippen molar-refractivity contribution >= 4 is 23.2 Å². The van der Waals surface area contributed by atoms with Crippen LogP contribution in [0.4, 0.5) is 11.4 Å². The van der Waals surface area contributed by atoms with Crippen LogP contribution in [0.3, 0.4) is 0 Å². The lowest BCUT2D eigenvalue weighted by molar-refractivity contribution is -0.139. The zero-order valence-corrected chi connectivity index (χ0v) is 19.1. The molecular weight excluding hydrogens is 404 g/mol. The maximum absolute atomic E-state index is 13.6. The summed E-state index contributed by atoms with van der Waals surface area (Å²) in [5.41, 5.74) is 1.60. The summed E-state index contributed by atoms with van der Waals surface area (Å²) in [6.45, 7) is 5.90. The molecule has 3 aliphatic rings. The fraction of sp³-hybridized carbons (Fsp3) is 0.640. The maximum Gasteiger partial charge on any atom is 0.230 e. The SMILES string of the molecule is CC(C)C(=O)Nc1ccc(N2CCC[C@]3(CCN(C4CCC(O)CC4)C3=O)C2)c(C#N)c1. The lowest BCUT2D eigenvalue weighted by atomic mass is 9.78. The lowest BCUT2D eigenvalue weighted by Gasteiger charge is -2.41. The van der Waals surface area contributed by atoms with Crippen LogP contribution in [-0.2, 0) is 9.59 Å². The first-order valence-electron chi connectivity index (χ1n) is 11.9. The summed E-state index contributed by atoms with van der Waals surface area (Å²) in [6.07, 6.45) is 5.76. The first kappa shape index (κ1) is 22.6. The van der Waals surface area contributed by atoms with Gasteiger partial charge < -0.3 is 20.2 Å². The Labute approximate surface area is 190 Å². The Hall–Kier alpha value is -2.59. The number of hydrogen-bond donors (Lipinski definition) is 2. The van der Waals surface area contributed by atoms with Crippen LogP contribution >= 0.6 is 0 Å². The molecule has 0 unspecified atom stereocenters. The van der Waals surface area contributed by atoms with Crippen LogP contribution in [-0.4, -0.2) is 53.6 Å². The first-order chi connectivity index (χ1) is 15.3. The molecule has 1 saturated carbocycles. The number of nitrogens with one attached hydrogen (secondary N) is 1. The molecule has 0 aromatic heterocycles. The molecule has 2 heterocycles. The van der Waals surface area contributed by atoms with Crippen LogP contribution in [0.15, 0.2) is 18.2 Å². The molecule has 32 heavy (non-hydrogen) atoms. The zero-order valence-electron chi connectivity index (χ0n) is 19.1. The Morgan fingerprint density at radius 1 is 1.22 bits per heavy atom. The summed E-state index contributed by atoms with van der Waals surface area (Å²) < 4.78 is 0. The molecule has 1 aromatic carbocycles. The number of carbonyl (C=O) groups excluding carboxylic acids is 2. The van der Waals surface area contributed by atoms with Gasteiger partial charge in [-0.3, -0.25) is 9.59 Å². The molecule has 1 aliphatic carbocycles. The van der Waals surface area contributed by atoms with Crippen LogP contribution in [0.25, 0.3) is 0 Å². The first-order valence-corrected chi connectivity index (χ1v) is 11.9. The predicted octanol–water partition coefficient (Wildman–Crippen LogP) is 3.28. The Morgan fingerprint density at radius 3 is 2.66 bits per heavy atom. The van der Waals surface area contributed by atoms with Gasteiger partial charge in [-0.05, 0) is 63.1 Å². The third kappa shape index (κ3) is 4.33. The van der Waals surface area contributed by atoms with E-state index in [1.807, 2.05) is 26.0 Å². The molecule has 172 valence electrons. The van der Waals surface area contributed by atoms with Gasteiger partial charge in [-0.2, -0.15) is 5.26 Å². The summed E-state index contributed by atoms with van der Waals surface area (Å²) in [5, 5.41) is 22.5. The molecule has 1 atom stereocenters. The van der Waals surface area contributed by atoms with E-state index in [0.29, 0.717) is 17.8 Å². The van der Waals surface area contributed by atoms with Gasteiger partial charge in [0.1, 0.15) is 6.07 Å². The van der Waals surface area contributed by atoms with E-state index in [1.54, 1.807) is 6.07 Å². The van der Waals surface area contributed by atoms with E-state index in [4.69, 9.17) is 0 Å². The number of hydrogen-bond acceptors (Lipinski definition) is 5. The molecule has 3 fully saturated rings. The smallest absolute Gasteiger partial charge is 0.230 e. The van der Waals surface area contributed by atoms with Gasteiger partial charge >= 0.3 is 0 Å². The normalized spacial score (nSPS) is 28.3. The highest BCUT2D eigenvalue weighted by molar-refractivity contribution is 5.92.